The fraction of sp³-hybridized carbons (Fsp3) is 0.409. The molecule has 5 heteroatoms. The number of halogens is 2. The molecule has 1 aliphatic heterocycles. The monoisotopic (exact) mass is 389 g/mol. The number of nitrogens with zero attached hydrogens (tertiary/aromatic N) is 1. The van der Waals surface area contributed by atoms with Crippen LogP contribution in [-0.4, -0.2) is 23.1 Å². The molecule has 2 aromatic carbocycles. The van der Waals surface area contributed by atoms with Crippen LogP contribution in [0.1, 0.15) is 59.5 Å². The van der Waals surface area contributed by atoms with E-state index < -0.39 is 17.0 Å². The van der Waals surface area contributed by atoms with Crippen LogP contribution in [0.2, 0.25) is 0 Å². The molecule has 1 aliphatic rings. The van der Waals surface area contributed by atoms with Crippen LogP contribution in [0.5, 0.6) is 0 Å². The molecule has 1 atom stereocenters. The van der Waals surface area contributed by atoms with E-state index >= 15 is 0 Å². The molecule has 0 spiro atoms. The minimum Gasteiger partial charge on any atom is -0.322 e. The Labute approximate surface area is 164 Å². The largest absolute Gasteiger partial charge is 0.322 e. The predicted octanol–water partition coefficient (Wildman–Crippen LogP) is 5.98. The lowest BCUT2D eigenvalue weighted by molar-refractivity contribution is 0.0759. The van der Waals surface area contributed by atoms with E-state index in [0.717, 1.165) is 24.7 Å². The topological polar surface area (TPSA) is 20.3 Å². The summed E-state index contributed by atoms with van der Waals surface area (Å²) in [4.78, 5) is 14.6. The van der Waals surface area contributed by atoms with Gasteiger partial charge in [0.1, 0.15) is 17.0 Å². The van der Waals surface area contributed by atoms with Gasteiger partial charge in [-0.1, -0.05) is 44.4 Å². The second-order valence-electron chi connectivity index (χ2n) is 6.90. The van der Waals surface area contributed by atoms with Gasteiger partial charge < -0.3 is 4.90 Å². The molecule has 0 aromatic heterocycles. The standard InChI is InChI=1S/C22H25F2NOS/c1-2-3-4-5-6-16-7-9-17(10-8-16)21(26)25-13-14-27-22(25)19-12-11-18(23)15-20(19)24/h7-12,15,22H,2-6,13-14H2,1H3. The van der Waals surface area contributed by atoms with E-state index in [4.69, 9.17) is 0 Å². The molecule has 0 N–H and O–H groups in total. The summed E-state index contributed by atoms with van der Waals surface area (Å²) in [6.07, 6.45) is 5.89. The van der Waals surface area contributed by atoms with Crippen molar-refractivity contribution in [2.75, 3.05) is 12.3 Å². The Morgan fingerprint density at radius 1 is 1.11 bits per heavy atom. The van der Waals surface area contributed by atoms with Gasteiger partial charge in [-0.15, -0.1) is 11.8 Å². The molecule has 1 heterocycles. The SMILES string of the molecule is CCCCCCc1ccc(C(=O)N2CCSC2c2ccc(F)cc2F)cc1. The maximum atomic E-state index is 14.2. The zero-order valence-electron chi connectivity index (χ0n) is 15.6. The van der Waals surface area contributed by atoms with Gasteiger partial charge in [0.2, 0.25) is 0 Å². The Bertz CT molecular complexity index is 778. The molecule has 2 nitrogen and oxygen atoms in total. The average molecular weight is 390 g/mol. The molecule has 0 radical (unpaired) electrons. The Hall–Kier alpha value is -1.88. The lowest BCUT2D eigenvalue weighted by Crippen LogP contribution is -2.30. The van der Waals surface area contributed by atoms with Crippen molar-refractivity contribution in [2.45, 2.75) is 44.4 Å². The van der Waals surface area contributed by atoms with Crippen LogP contribution >= 0.6 is 11.8 Å². The van der Waals surface area contributed by atoms with Gasteiger partial charge in [-0.05, 0) is 36.6 Å². The van der Waals surface area contributed by atoms with Gasteiger partial charge in [0.15, 0.2) is 0 Å². The Balaban J connectivity index is 1.69. The van der Waals surface area contributed by atoms with Crippen molar-refractivity contribution in [2.24, 2.45) is 0 Å². The van der Waals surface area contributed by atoms with Crippen molar-refractivity contribution >= 4 is 17.7 Å². The third-order valence-electron chi connectivity index (χ3n) is 4.90. The first-order valence-electron chi connectivity index (χ1n) is 9.56. The summed E-state index contributed by atoms with van der Waals surface area (Å²) in [6.45, 7) is 2.76. The number of carbonyl (C=O) groups excluding carboxylic acids is 1. The first-order chi connectivity index (χ1) is 13.1. The average Bonchev–Trinajstić information content (AvgIpc) is 3.14. The molecule has 0 saturated carbocycles. The summed E-state index contributed by atoms with van der Waals surface area (Å²) in [6, 6.07) is 11.3. The fourth-order valence-electron chi connectivity index (χ4n) is 3.37. The van der Waals surface area contributed by atoms with Gasteiger partial charge in [0.25, 0.3) is 5.91 Å². The highest BCUT2D eigenvalue weighted by atomic mass is 32.2. The van der Waals surface area contributed by atoms with E-state index in [0.29, 0.717) is 17.7 Å². The zero-order chi connectivity index (χ0) is 19.2. The number of hydrogen-bond acceptors (Lipinski definition) is 2. The Morgan fingerprint density at radius 3 is 2.59 bits per heavy atom. The highest BCUT2D eigenvalue weighted by Crippen LogP contribution is 2.39. The molecule has 144 valence electrons. The molecule has 27 heavy (non-hydrogen) atoms. The normalized spacial score (nSPS) is 16.7. The molecule has 1 saturated heterocycles. The first kappa shape index (κ1) is 19.9. The lowest BCUT2D eigenvalue weighted by atomic mass is 10.0. The summed E-state index contributed by atoms with van der Waals surface area (Å²) < 4.78 is 27.4. The van der Waals surface area contributed by atoms with Crippen LogP contribution < -0.4 is 0 Å². The molecular formula is C22H25F2NOS. The van der Waals surface area contributed by atoms with Crippen molar-refractivity contribution in [3.05, 3.63) is 70.8 Å². The molecule has 1 unspecified atom stereocenters. The van der Waals surface area contributed by atoms with Crippen LogP contribution in [0.3, 0.4) is 0 Å². The van der Waals surface area contributed by atoms with Crippen LogP contribution in [0.15, 0.2) is 42.5 Å². The Kier molecular flexibility index (Phi) is 6.89. The quantitative estimate of drug-likeness (QED) is 0.543. The van der Waals surface area contributed by atoms with Crippen LogP contribution in [0.4, 0.5) is 8.78 Å². The number of benzene rings is 2. The number of carbonyl (C=O) groups is 1. The van der Waals surface area contributed by atoms with E-state index in [1.54, 1.807) is 4.90 Å². The second kappa shape index (κ2) is 9.36. The number of rotatable bonds is 7. The molecule has 1 amide bonds. The first-order valence-corrected chi connectivity index (χ1v) is 10.6. The maximum Gasteiger partial charge on any atom is 0.255 e. The molecule has 2 aromatic rings. The van der Waals surface area contributed by atoms with Gasteiger partial charge in [0.05, 0.1) is 0 Å². The number of unbranched alkanes of at least 4 members (excludes halogenated alkanes) is 3. The number of hydrogen-bond donors (Lipinski definition) is 0. The highest BCUT2D eigenvalue weighted by molar-refractivity contribution is 7.99. The maximum absolute atomic E-state index is 14.2. The Morgan fingerprint density at radius 2 is 1.89 bits per heavy atom. The third-order valence-corrected chi connectivity index (χ3v) is 6.14. The van der Waals surface area contributed by atoms with Crippen LogP contribution in [0.25, 0.3) is 0 Å². The van der Waals surface area contributed by atoms with Crippen molar-refractivity contribution < 1.29 is 13.6 Å². The number of aryl methyl sites for hydroxylation is 1. The number of thioether (sulfide) groups is 1. The van der Waals surface area contributed by atoms with E-state index in [9.17, 15) is 13.6 Å². The molecule has 0 aliphatic carbocycles. The van der Waals surface area contributed by atoms with Gasteiger partial charge in [-0.2, -0.15) is 0 Å². The molecule has 1 fully saturated rings. The second-order valence-corrected chi connectivity index (χ2v) is 8.08. The predicted molar refractivity (Wildman–Crippen MR) is 107 cm³/mol. The van der Waals surface area contributed by atoms with Gasteiger partial charge in [-0.25, -0.2) is 8.78 Å². The van der Waals surface area contributed by atoms with Gasteiger partial charge >= 0.3 is 0 Å². The summed E-state index contributed by atoms with van der Waals surface area (Å²) in [5.74, 6) is -0.574. The molecular weight excluding hydrogens is 364 g/mol. The summed E-state index contributed by atoms with van der Waals surface area (Å²) in [7, 11) is 0. The van der Waals surface area contributed by atoms with Gasteiger partial charge in [0, 0.05) is 29.5 Å². The van der Waals surface area contributed by atoms with E-state index in [1.165, 1.54) is 48.7 Å². The summed E-state index contributed by atoms with van der Waals surface area (Å²) >= 11 is 1.51. The van der Waals surface area contributed by atoms with Gasteiger partial charge in [-0.3, -0.25) is 4.79 Å². The van der Waals surface area contributed by atoms with Crippen LogP contribution in [0, 0.1) is 11.6 Å². The summed E-state index contributed by atoms with van der Waals surface area (Å²) in [5, 5.41) is -0.410. The van der Waals surface area contributed by atoms with Crippen molar-refractivity contribution in [1.82, 2.24) is 4.90 Å². The zero-order valence-corrected chi connectivity index (χ0v) is 16.4. The minimum absolute atomic E-state index is 0.105. The highest BCUT2D eigenvalue weighted by Gasteiger charge is 2.33. The minimum atomic E-state index is -0.605. The van der Waals surface area contributed by atoms with Crippen molar-refractivity contribution in [3.63, 3.8) is 0 Å². The van der Waals surface area contributed by atoms with E-state index in [-0.39, 0.29) is 5.91 Å². The number of amides is 1. The molecule has 3 rings (SSSR count). The van der Waals surface area contributed by atoms with Crippen molar-refractivity contribution in [3.8, 4) is 0 Å². The third kappa shape index (κ3) is 4.89. The summed E-state index contributed by atoms with van der Waals surface area (Å²) in [5.41, 5.74) is 2.21. The van der Waals surface area contributed by atoms with Crippen LogP contribution in [-0.2, 0) is 6.42 Å². The lowest BCUT2D eigenvalue weighted by Gasteiger charge is -2.24. The fourth-order valence-corrected chi connectivity index (χ4v) is 4.65. The molecule has 0 bridgehead atoms. The van der Waals surface area contributed by atoms with E-state index in [1.807, 2.05) is 24.3 Å². The van der Waals surface area contributed by atoms with E-state index in [2.05, 4.69) is 6.92 Å². The van der Waals surface area contributed by atoms with Crippen molar-refractivity contribution in [1.29, 1.82) is 0 Å². The smallest absolute Gasteiger partial charge is 0.255 e.